The summed E-state index contributed by atoms with van der Waals surface area (Å²) in [5.74, 6) is 0.0270. The maximum Gasteiger partial charge on any atom is 0.229 e. The zero-order chi connectivity index (χ0) is 17.7. The number of benzene rings is 1. The van der Waals surface area contributed by atoms with Crippen LogP contribution in [0.3, 0.4) is 0 Å². The fourth-order valence-electron chi connectivity index (χ4n) is 2.59. The van der Waals surface area contributed by atoms with Gasteiger partial charge in [0.1, 0.15) is 5.82 Å². The molecule has 1 saturated heterocycles. The number of anilines is 1. The van der Waals surface area contributed by atoms with E-state index in [1.165, 1.54) is 12.1 Å². The van der Waals surface area contributed by atoms with Gasteiger partial charge >= 0.3 is 0 Å². The van der Waals surface area contributed by atoms with Crippen molar-refractivity contribution < 1.29 is 9.18 Å². The van der Waals surface area contributed by atoms with Crippen LogP contribution in [0.2, 0.25) is 5.02 Å². The molecule has 0 aliphatic carbocycles. The van der Waals surface area contributed by atoms with Crippen molar-refractivity contribution in [2.75, 3.05) is 25.0 Å². The van der Waals surface area contributed by atoms with Crippen molar-refractivity contribution in [1.82, 2.24) is 4.90 Å². The van der Waals surface area contributed by atoms with Crippen molar-refractivity contribution in [3.05, 3.63) is 29.0 Å². The average molecular weight is 355 g/mol. The molecule has 0 saturated carbocycles. The lowest BCUT2D eigenvalue weighted by Gasteiger charge is -2.32. The maximum atomic E-state index is 13.5. The maximum absolute atomic E-state index is 13.5. The predicted octanol–water partition coefficient (Wildman–Crippen LogP) is 3.10. The van der Waals surface area contributed by atoms with Crippen LogP contribution in [0.4, 0.5) is 10.1 Å². The molecule has 0 spiro atoms. The smallest absolute Gasteiger partial charge is 0.229 e. The van der Waals surface area contributed by atoms with Crippen LogP contribution in [0.1, 0.15) is 26.7 Å². The molecule has 1 atom stereocenters. The lowest BCUT2D eigenvalue weighted by atomic mass is 9.97. The Kier molecular flexibility index (Phi) is 6.43. The molecule has 1 aliphatic rings. The molecule has 5 nitrogen and oxygen atoms in total. The van der Waals surface area contributed by atoms with Crippen molar-refractivity contribution in [2.24, 2.45) is 22.6 Å². The lowest BCUT2D eigenvalue weighted by molar-refractivity contribution is -0.121. The standard InChI is InChI=1S/C17H24ClFN4O/c1-11(2)9-21-17(20)23-7-3-4-12(10-23)16(24)22-13-5-6-14(18)15(19)8-13/h5-6,8,11-12H,3-4,7,9-10H2,1-2H3,(H2,20,21)(H,22,24). The van der Waals surface area contributed by atoms with E-state index in [0.29, 0.717) is 30.7 Å². The van der Waals surface area contributed by atoms with Gasteiger partial charge in [-0.1, -0.05) is 25.4 Å². The number of nitrogens with two attached hydrogens (primary N) is 1. The van der Waals surface area contributed by atoms with Crippen LogP contribution in [0.15, 0.2) is 23.2 Å². The molecule has 0 radical (unpaired) electrons. The van der Waals surface area contributed by atoms with Crippen LogP contribution < -0.4 is 11.1 Å². The van der Waals surface area contributed by atoms with Crippen molar-refractivity contribution in [1.29, 1.82) is 0 Å². The van der Waals surface area contributed by atoms with Gasteiger partial charge in [0.05, 0.1) is 10.9 Å². The van der Waals surface area contributed by atoms with Crippen LogP contribution in [-0.4, -0.2) is 36.4 Å². The SMILES string of the molecule is CC(C)CN=C(N)N1CCCC(C(=O)Nc2ccc(Cl)c(F)c2)C1. The van der Waals surface area contributed by atoms with E-state index in [2.05, 4.69) is 24.2 Å². The number of aliphatic imine (C=N–C) groups is 1. The minimum atomic E-state index is -0.551. The van der Waals surface area contributed by atoms with Gasteiger partial charge < -0.3 is 16.0 Å². The number of hydrogen-bond donors (Lipinski definition) is 2. The summed E-state index contributed by atoms with van der Waals surface area (Å²) in [5, 5.41) is 2.78. The van der Waals surface area contributed by atoms with Gasteiger partial charge in [-0.3, -0.25) is 9.79 Å². The number of nitrogens with zero attached hydrogens (tertiary/aromatic N) is 2. The number of rotatable bonds is 4. The van der Waals surface area contributed by atoms with Gasteiger partial charge in [-0.05, 0) is 37.0 Å². The summed E-state index contributed by atoms with van der Waals surface area (Å²) in [6.45, 7) is 6.15. The molecule has 1 unspecified atom stereocenters. The zero-order valence-electron chi connectivity index (χ0n) is 14.1. The number of amides is 1. The first-order chi connectivity index (χ1) is 11.4. The Morgan fingerprint density at radius 3 is 2.96 bits per heavy atom. The first-order valence-electron chi connectivity index (χ1n) is 8.17. The number of guanidine groups is 1. The number of nitrogens with one attached hydrogen (secondary N) is 1. The van der Waals surface area contributed by atoms with Crippen LogP contribution in [0, 0.1) is 17.7 Å². The summed E-state index contributed by atoms with van der Waals surface area (Å²) in [4.78, 5) is 18.7. The van der Waals surface area contributed by atoms with E-state index in [1.807, 2.05) is 4.90 Å². The highest BCUT2D eigenvalue weighted by Crippen LogP contribution is 2.21. The second-order valence-corrected chi connectivity index (χ2v) is 6.90. The van der Waals surface area contributed by atoms with E-state index < -0.39 is 5.82 Å². The normalized spacial score (nSPS) is 18.8. The van der Waals surface area contributed by atoms with Gasteiger partial charge in [0.25, 0.3) is 0 Å². The highest BCUT2D eigenvalue weighted by Gasteiger charge is 2.27. The molecule has 0 bridgehead atoms. The number of halogens is 2. The fraction of sp³-hybridized carbons (Fsp3) is 0.529. The van der Waals surface area contributed by atoms with Crippen molar-refractivity contribution in [3.63, 3.8) is 0 Å². The monoisotopic (exact) mass is 354 g/mol. The van der Waals surface area contributed by atoms with E-state index in [4.69, 9.17) is 17.3 Å². The molecular weight excluding hydrogens is 331 g/mol. The molecule has 132 valence electrons. The van der Waals surface area contributed by atoms with E-state index >= 15 is 0 Å². The molecule has 1 aliphatic heterocycles. The molecule has 0 aromatic heterocycles. The van der Waals surface area contributed by atoms with Gasteiger partial charge in [-0.25, -0.2) is 4.39 Å². The van der Waals surface area contributed by atoms with Crippen molar-refractivity contribution in [3.8, 4) is 0 Å². The Bertz CT molecular complexity index is 621. The van der Waals surface area contributed by atoms with Crippen molar-refractivity contribution >= 4 is 29.2 Å². The molecule has 1 heterocycles. The predicted molar refractivity (Wildman–Crippen MR) is 95.7 cm³/mol. The number of hydrogen-bond acceptors (Lipinski definition) is 2. The third-order valence-electron chi connectivity index (χ3n) is 3.92. The zero-order valence-corrected chi connectivity index (χ0v) is 14.8. The topological polar surface area (TPSA) is 70.7 Å². The average Bonchev–Trinajstić information content (AvgIpc) is 2.56. The van der Waals surface area contributed by atoms with E-state index in [1.54, 1.807) is 6.07 Å². The number of carbonyl (C=O) groups excluding carboxylic acids is 1. The molecule has 1 aromatic carbocycles. The highest BCUT2D eigenvalue weighted by molar-refractivity contribution is 6.30. The van der Waals surface area contributed by atoms with Crippen LogP contribution in [0.5, 0.6) is 0 Å². The van der Waals surface area contributed by atoms with Crippen LogP contribution in [-0.2, 0) is 4.79 Å². The first-order valence-corrected chi connectivity index (χ1v) is 8.55. The Balaban J connectivity index is 1.96. The van der Waals surface area contributed by atoms with Gasteiger partial charge in [-0.2, -0.15) is 0 Å². The summed E-state index contributed by atoms with van der Waals surface area (Å²) in [7, 11) is 0. The summed E-state index contributed by atoms with van der Waals surface area (Å²) < 4.78 is 13.5. The summed E-state index contributed by atoms with van der Waals surface area (Å²) in [6, 6.07) is 4.23. The third-order valence-corrected chi connectivity index (χ3v) is 4.23. The highest BCUT2D eigenvalue weighted by atomic mass is 35.5. The van der Waals surface area contributed by atoms with E-state index in [9.17, 15) is 9.18 Å². The number of carbonyl (C=O) groups is 1. The number of likely N-dealkylation sites (tertiary alicyclic amines) is 1. The molecule has 24 heavy (non-hydrogen) atoms. The van der Waals surface area contributed by atoms with Gasteiger partial charge in [0, 0.05) is 25.3 Å². The minimum Gasteiger partial charge on any atom is -0.370 e. The lowest BCUT2D eigenvalue weighted by Crippen LogP contribution is -2.47. The molecular formula is C17H24ClFN4O. The minimum absolute atomic E-state index is 0.0333. The third kappa shape index (κ3) is 5.09. The fourth-order valence-corrected chi connectivity index (χ4v) is 2.71. The Morgan fingerprint density at radius 1 is 1.54 bits per heavy atom. The van der Waals surface area contributed by atoms with Gasteiger partial charge in [0.15, 0.2) is 5.96 Å². The van der Waals surface area contributed by atoms with Crippen LogP contribution in [0.25, 0.3) is 0 Å². The molecule has 1 amide bonds. The quantitative estimate of drug-likeness (QED) is 0.644. The molecule has 1 fully saturated rings. The Morgan fingerprint density at radius 2 is 2.29 bits per heavy atom. The Hall–Kier alpha value is -1.82. The second kappa shape index (κ2) is 8.33. The summed E-state index contributed by atoms with van der Waals surface area (Å²) >= 11 is 5.65. The number of piperidine rings is 1. The van der Waals surface area contributed by atoms with E-state index in [-0.39, 0.29) is 16.8 Å². The molecule has 1 aromatic rings. The molecule has 2 rings (SSSR count). The largest absolute Gasteiger partial charge is 0.370 e. The first kappa shape index (κ1) is 18.5. The second-order valence-electron chi connectivity index (χ2n) is 6.50. The van der Waals surface area contributed by atoms with Gasteiger partial charge in [0.2, 0.25) is 5.91 Å². The van der Waals surface area contributed by atoms with Crippen LogP contribution >= 0.6 is 11.6 Å². The summed E-state index contributed by atoms with van der Waals surface area (Å²) in [6.07, 6.45) is 1.64. The Labute approximate surface area is 147 Å². The molecule has 7 heteroatoms. The van der Waals surface area contributed by atoms with Crippen molar-refractivity contribution in [2.45, 2.75) is 26.7 Å². The summed E-state index contributed by atoms with van der Waals surface area (Å²) in [5.41, 5.74) is 6.43. The van der Waals surface area contributed by atoms with Gasteiger partial charge in [-0.15, -0.1) is 0 Å². The molecule has 3 N–H and O–H groups in total. The van der Waals surface area contributed by atoms with E-state index in [0.717, 1.165) is 19.4 Å².